The van der Waals surface area contributed by atoms with Crippen LogP contribution in [0.2, 0.25) is 0 Å². The summed E-state index contributed by atoms with van der Waals surface area (Å²) in [7, 11) is 0. The van der Waals surface area contributed by atoms with Gasteiger partial charge >= 0.3 is 5.97 Å². The van der Waals surface area contributed by atoms with Crippen LogP contribution >= 0.6 is 11.3 Å². The third kappa shape index (κ3) is 20.9. The molecule has 0 bridgehead atoms. The van der Waals surface area contributed by atoms with E-state index in [0.29, 0.717) is 29.7 Å². The highest BCUT2D eigenvalue weighted by Crippen LogP contribution is 2.15. The zero-order chi connectivity index (χ0) is 50.9. The smallest absolute Gasteiger partial charge is 0.326 e. The van der Waals surface area contributed by atoms with Gasteiger partial charge < -0.3 is 65.3 Å². The summed E-state index contributed by atoms with van der Waals surface area (Å²) < 4.78 is 0. The van der Waals surface area contributed by atoms with Gasteiger partial charge in [-0.05, 0) is 67.5 Å². The molecule has 0 unspecified atom stereocenters. The summed E-state index contributed by atoms with van der Waals surface area (Å²) in [4.78, 5) is 125. The van der Waals surface area contributed by atoms with Crippen LogP contribution in [0, 0.1) is 11.8 Å². The van der Waals surface area contributed by atoms with Crippen molar-refractivity contribution in [1.82, 2.24) is 37.2 Å². The van der Waals surface area contributed by atoms with E-state index < -0.39 is 108 Å². The Morgan fingerprint density at radius 3 is 1.66 bits per heavy atom. The van der Waals surface area contributed by atoms with Gasteiger partial charge in [-0.25, -0.2) is 4.79 Å². The first kappa shape index (κ1) is 57.5. The molecule has 0 aliphatic carbocycles. The Morgan fingerprint density at radius 2 is 1.16 bits per heavy atom. The average molecular weight is 971 g/mol. The third-order valence-electron chi connectivity index (χ3n) is 10.8. The van der Waals surface area contributed by atoms with Crippen molar-refractivity contribution in [2.75, 3.05) is 13.1 Å². The van der Waals surface area contributed by atoms with Crippen molar-refractivity contribution in [3.05, 3.63) is 58.3 Å². The lowest BCUT2D eigenvalue weighted by molar-refractivity contribution is -0.144. The number of guanidine groups is 1. The normalized spacial score (nSPS) is 14.5. The summed E-state index contributed by atoms with van der Waals surface area (Å²) in [6.45, 7) is 8.41. The molecule has 1 heterocycles. The number of nitrogens with zero attached hydrogens (tertiary/aromatic N) is 1. The quantitative estimate of drug-likeness (QED) is 0.0240. The molecule has 23 heteroatoms. The van der Waals surface area contributed by atoms with E-state index in [1.807, 2.05) is 0 Å². The zero-order valence-corrected chi connectivity index (χ0v) is 40.2. The second kappa shape index (κ2) is 29.9. The summed E-state index contributed by atoms with van der Waals surface area (Å²) >= 11 is 1.31. The van der Waals surface area contributed by atoms with Crippen molar-refractivity contribution < 1.29 is 48.3 Å². The predicted molar refractivity (Wildman–Crippen MR) is 256 cm³/mol. The molecular formula is C45H70N12O10S. The third-order valence-corrected chi connectivity index (χ3v) is 11.7. The topological polar surface area (TPSA) is 375 Å². The lowest BCUT2D eigenvalue weighted by atomic mass is 9.98. The maximum absolute atomic E-state index is 14.5. The van der Waals surface area contributed by atoms with Crippen LogP contribution in [0.25, 0.3) is 0 Å². The molecule has 0 aliphatic rings. The van der Waals surface area contributed by atoms with E-state index in [4.69, 9.17) is 22.9 Å². The minimum atomic E-state index is -1.61. The number of hydrogen-bond acceptors (Lipinski definition) is 12. The molecule has 16 N–H and O–H groups in total. The maximum atomic E-state index is 14.5. The van der Waals surface area contributed by atoms with Crippen molar-refractivity contribution in [3.63, 3.8) is 0 Å². The van der Waals surface area contributed by atoms with Crippen LogP contribution < -0.4 is 60.2 Å². The van der Waals surface area contributed by atoms with Crippen LogP contribution in [0.15, 0.2) is 52.8 Å². The van der Waals surface area contributed by atoms with E-state index in [0.717, 1.165) is 0 Å². The molecule has 22 nitrogen and oxygen atoms in total. The van der Waals surface area contributed by atoms with Gasteiger partial charge in [0, 0.05) is 31.2 Å². The van der Waals surface area contributed by atoms with E-state index in [-0.39, 0.29) is 57.1 Å². The average Bonchev–Trinajstić information content (AvgIpc) is 3.80. The standard InChI is InChI=1S/C45H70N12O10S/c1-6-26(4)37(44(66)67)57-42(64)34(24-35(47)59)56-38(60)30(17-10-11-19-46)52-40(62)32(22-28-14-8-7-9-15-28)54-41(63)33(23-29-16-13-21-68-29)55-39(61)31(18-12-20-50-45(48)49)53-43(65)36(25(2)3)51-27(5)58/h7-9,13-16,21,25-26,30-34,36-37H,6,10-12,17-20,22-24,46H2,1-5H3,(H2,47,59)(H,51,58)(H,52,62)(H,53,65)(H,54,63)(H,55,61)(H,56,60)(H,57,64)(H,66,67)(H4,48,49,50)/t26-,30-,31-,32-,33-,34-,36-,37-/m0/s1. The molecule has 1 aromatic carbocycles. The summed E-state index contributed by atoms with van der Waals surface area (Å²) in [6.07, 6.45) is 0.618. The highest BCUT2D eigenvalue weighted by atomic mass is 32.1. The largest absolute Gasteiger partial charge is 0.480 e. The Kier molecular flexibility index (Phi) is 25.3. The Labute approximate surface area is 400 Å². The molecule has 2 rings (SSSR count). The highest BCUT2D eigenvalue weighted by Gasteiger charge is 2.35. The Balaban J connectivity index is 2.53. The number of amides is 8. The van der Waals surface area contributed by atoms with Gasteiger partial charge in [0.05, 0.1) is 6.42 Å². The van der Waals surface area contributed by atoms with Crippen molar-refractivity contribution in [2.45, 2.75) is 135 Å². The minimum Gasteiger partial charge on any atom is -0.480 e. The van der Waals surface area contributed by atoms with Crippen LogP contribution in [-0.4, -0.2) is 120 Å². The van der Waals surface area contributed by atoms with Crippen molar-refractivity contribution in [2.24, 2.45) is 39.8 Å². The van der Waals surface area contributed by atoms with Gasteiger partial charge in [0.2, 0.25) is 47.3 Å². The minimum absolute atomic E-state index is 0.00324. The van der Waals surface area contributed by atoms with Crippen LogP contribution in [0.5, 0.6) is 0 Å². The van der Waals surface area contributed by atoms with Gasteiger partial charge in [-0.2, -0.15) is 0 Å². The first-order valence-electron chi connectivity index (χ1n) is 22.6. The fourth-order valence-electron chi connectivity index (χ4n) is 6.88. The monoisotopic (exact) mass is 971 g/mol. The van der Waals surface area contributed by atoms with Gasteiger partial charge in [-0.3, -0.25) is 43.3 Å². The SMILES string of the molecule is CC[C@H](C)[C@H](NC(=O)[C@H](CC(N)=O)NC(=O)[C@H](CCCCN)NC(=O)[C@H](Cc1ccccc1)NC(=O)[C@H](Cc1cccs1)NC(=O)[C@H](CCCN=C(N)N)NC(=O)[C@@H](NC(C)=O)C(C)C)C(=O)O. The number of carbonyl (C=O) groups excluding carboxylic acids is 8. The second-order valence-corrected chi connectivity index (χ2v) is 17.8. The van der Waals surface area contributed by atoms with Gasteiger partial charge in [0.15, 0.2) is 5.96 Å². The molecule has 376 valence electrons. The Hall–Kier alpha value is -6.62. The molecule has 0 saturated carbocycles. The summed E-state index contributed by atoms with van der Waals surface area (Å²) in [6, 6.07) is 2.96. The lowest BCUT2D eigenvalue weighted by Crippen LogP contribution is -2.61. The molecule has 8 amide bonds. The van der Waals surface area contributed by atoms with E-state index in [1.165, 1.54) is 18.3 Å². The summed E-state index contributed by atoms with van der Waals surface area (Å²) in [5, 5.41) is 29.8. The van der Waals surface area contributed by atoms with Crippen LogP contribution in [0.1, 0.15) is 90.0 Å². The van der Waals surface area contributed by atoms with Gasteiger partial charge in [0.1, 0.15) is 42.3 Å². The van der Waals surface area contributed by atoms with Gasteiger partial charge in [-0.1, -0.05) is 70.5 Å². The van der Waals surface area contributed by atoms with E-state index in [2.05, 4.69) is 42.2 Å². The first-order chi connectivity index (χ1) is 32.2. The number of rotatable bonds is 31. The molecule has 0 aliphatic heterocycles. The number of aliphatic imine (C=N–C) groups is 1. The molecule has 1 aromatic heterocycles. The van der Waals surface area contributed by atoms with Crippen molar-refractivity contribution in [1.29, 1.82) is 0 Å². The predicted octanol–water partition coefficient (Wildman–Crippen LogP) is -1.21. The van der Waals surface area contributed by atoms with Gasteiger partial charge in [-0.15, -0.1) is 11.3 Å². The fourth-order valence-corrected chi connectivity index (χ4v) is 7.64. The number of benzene rings is 1. The lowest BCUT2D eigenvalue weighted by Gasteiger charge is -2.28. The molecule has 0 fully saturated rings. The number of primary amides is 1. The number of carbonyl (C=O) groups is 9. The van der Waals surface area contributed by atoms with Crippen LogP contribution in [0.3, 0.4) is 0 Å². The number of hydrogen-bond donors (Lipinski definition) is 12. The number of nitrogens with two attached hydrogens (primary N) is 4. The molecule has 0 radical (unpaired) electrons. The number of carboxylic acid groups (broad SMARTS) is 1. The zero-order valence-electron chi connectivity index (χ0n) is 39.4. The molecular weight excluding hydrogens is 901 g/mol. The molecule has 68 heavy (non-hydrogen) atoms. The number of thiophene rings is 1. The summed E-state index contributed by atoms with van der Waals surface area (Å²) in [5.74, 6) is -8.67. The fraction of sp³-hybridized carbons (Fsp3) is 0.556. The van der Waals surface area contributed by atoms with Crippen LogP contribution in [-0.2, 0) is 56.0 Å². The van der Waals surface area contributed by atoms with E-state index in [1.54, 1.807) is 75.5 Å². The maximum Gasteiger partial charge on any atom is 0.326 e. The van der Waals surface area contributed by atoms with E-state index >= 15 is 0 Å². The summed E-state index contributed by atoms with van der Waals surface area (Å²) in [5.41, 5.74) is 22.8. The molecule has 0 saturated heterocycles. The first-order valence-corrected chi connectivity index (χ1v) is 23.5. The number of aliphatic carboxylic acids is 1. The number of unbranched alkanes of at least 4 members (excludes halogenated alkanes) is 1. The molecule has 8 atom stereocenters. The van der Waals surface area contributed by atoms with Crippen molar-refractivity contribution >= 4 is 70.5 Å². The highest BCUT2D eigenvalue weighted by molar-refractivity contribution is 7.09. The second-order valence-electron chi connectivity index (χ2n) is 16.8. The Morgan fingerprint density at radius 1 is 0.632 bits per heavy atom. The van der Waals surface area contributed by atoms with Crippen LogP contribution in [0.4, 0.5) is 0 Å². The van der Waals surface area contributed by atoms with Gasteiger partial charge in [0.25, 0.3) is 0 Å². The molecule has 2 aromatic rings. The number of carboxylic acids is 1. The Bertz CT molecular complexity index is 2020. The number of nitrogens with one attached hydrogen (secondary N) is 7. The molecule has 0 spiro atoms. The van der Waals surface area contributed by atoms with E-state index in [9.17, 15) is 48.3 Å². The van der Waals surface area contributed by atoms with Crippen molar-refractivity contribution in [3.8, 4) is 0 Å².